The minimum atomic E-state index is -0.627. The highest BCUT2D eigenvalue weighted by Gasteiger charge is 2.29. The molecule has 0 saturated heterocycles. The number of anilines is 1. The lowest BCUT2D eigenvalue weighted by Gasteiger charge is -2.29. The van der Waals surface area contributed by atoms with Crippen molar-refractivity contribution in [2.24, 2.45) is 0 Å². The Kier molecular flexibility index (Phi) is 5.07. The van der Waals surface area contributed by atoms with Crippen molar-refractivity contribution in [2.75, 3.05) is 18.0 Å². The summed E-state index contributed by atoms with van der Waals surface area (Å²) in [4.78, 5) is 26.1. The van der Waals surface area contributed by atoms with Crippen LogP contribution in [0.2, 0.25) is 0 Å². The van der Waals surface area contributed by atoms with Gasteiger partial charge in [0.2, 0.25) is 0 Å². The van der Waals surface area contributed by atoms with Gasteiger partial charge in [0.1, 0.15) is 11.8 Å². The second kappa shape index (κ2) is 7.42. The summed E-state index contributed by atoms with van der Waals surface area (Å²) in [5.41, 5.74) is 2.42. The summed E-state index contributed by atoms with van der Waals surface area (Å²) >= 11 is 0. The van der Waals surface area contributed by atoms with Crippen molar-refractivity contribution in [3.8, 4) is 0 Å². The molecule has 3 rings (SSSR count). The quantitative estimate of drug-likeness (QED) is 0.816. The predicted octanol–water partition coefficient (Wildman–Crippen LogP) is 2.02. The van der Waals surface area contributed by atoms with Crippen molar-refractivity contribution in [3.05, 3.63) is 54.0 Å². The SMILES string of the molecule is CC(C)NC(=O)C(=O)NCC(c1ccco1)N1CCc2ccccc21. The Morgan fingerprint density at radius 3 is 2.68 bits per heavy atom. The third-order valence-corrected chi connectivity index (χ3v) is 4.25. The maximum Gasteiger partial charge on any atom is 0.309 e. The van der Waals surface area contributed by atoms with E-state index in [9.17, 15) is 9.59 Å². The Bertz CT molecular complexity index is 740. The summed E-state index contributed by atoms with van der Waals surface area (Å²) in [6.07, 6.45) is 2.58. The molecule has 132 valence electrons. The van der Waals surface area contributed by atoms with Crippen LogP contribution in [0.1, 0.15) is 31.2 Å². The Morgan fingerprint density at radius 1 is 1.16 bits per heavy atom. The topological polar surface area (TPSA) is 74.6 Å². The lowest BCUT2D eigenvalue weighted by Crippen LogP contribution is -2.45. The second-order valence-electron chi connectivity index (χ2n) is 6.44. The number of rotatable bonds is 5. The van der Waals surface area contributed by atoms with E-state index in [4.69, 9.17) is 4.42 Å². The molecule has 1 aromatic carbocycles. The average Bonchev–Trinajstić information content (AvgIpc) is 3.25. The number of nitrogens with zero attached hydrogens (tertiary/aromatic N) is 1. The molecule has 1 aromatic heterocycles. The van der Waals surface area contributed by atoms with Crippen LogP contribution < -0.4 is 15.5 Å². The number of hydrogen-bond donors (Lipinski definition) is 2. The highest BCUT2D eigenvalue weighted by Crippen LogP contribution is 2.34. The van der Waals surface area contributed by atoms with Crippen molar-refractivity contribution in [1.82, 2.24) is 10.6 Å². The van der Waals surface area contributed by atoms with Crippen LogP contribution in [0.25, 0.3) is 0 Å². The van der Waals surface area contributed by atoms with Crippen LogP contribution in [0, 0.1) is 0 Å². The van der Waals surface area contributed by atoms with Gasteiger partial charge in [0.15, 0.2) is 0 Å². The maximum absolute atomic E-state index is 12.0. The first-order chi connectivity index (χ1) is 12.1. The lowest BCUT2D eigenvalue weighted by molar-refractivity contribution is -0.139. The van der Waals surface area contributed by atoms with Gasteiger partial charge in [-0.05, 0) is 44.0 Å². The number of para-hydroxylation sites is 1. The Labute approximate surface area is 147 Å². The summed E-state index contributed by atoms with van der Waals surface area (Å²) in [6, 6.07) is 11.7. The minimum Gasteiger partial charge on any atom is -0.467 e. The number of fused-ring (bicyclic) bond motifs is 1. The molecule has 2 N–H and O–H groups in total. The highest BCUT2D eigenvalue weighted by atomic mass is 16.3. The van der Waals surface area contributed by atoms with Crippen LogP contribution in [-0.4, -0.2) is 30.9 Å². The zero-order valence-corrected chi connectivity index (χ0v) is 14.5. The highest BCUT2D eigenvalue weighted by molar-refractivity contribution is 6.35. The van der Waals surface area contributed by atoms with Crippen LogP contribution in [0.5, 0.6) is 0 Å². The van der Waals surface area contributed by atoms with Crippen LogP contribution in [0.4, 0.5) is 5.69 Å². The molecular weight excluding hydrogens is 318 g/mol. The number of benzene rings is 1. The first-order valence-corrected chi connectivity index (χ1v) is 8.53. The van der Waals surface area contributed by atoms with Gasteiger partial charge in [-0.15, -0.1) is 0 Å². The predicted molar refractivity (Wildman–Crippen MR) is 95.2 cm³/mol. The zero-order valence-electron chi connectivity index (χ0n) is 14.5. The first kappa shape index (κ1) is 17.1. The first-order valence-electron chi connectivity index (χ1n) is 8.53. The molecule has 0 spiro atoms. The smallest absolute Gasteiger partial charge is 0.309 e. The van der Waals surface area contributed by atoms with Crippen LogP contribution in [-0.2, 0) is 16.0 Å². The van der Waals surface area contributed by atoms with E-state index in [2.05, 4.69) is 27.7 Å². The average molecular weight is 341 g/mol. The van der Waals surface area contributed by atoms with Gasteiger partial charge in [0.05, 0.1) is 6.26 Å². The van der Waals surface area contributed by atoms with E-state index >= 15 is 0 Å². The normalized spacial score (nSPS) is 14.3. The van der Waals surface area contributed by atoms with Gasteiger partial charge >= 0.3 is 11.8 Å². The number of furan rings is 1. The summed E-state index contributed by atoms with van der Waals surface area (Å²) in [6.45, 7) is 4.78. The number of carbonyl (C=O) groups is 2. The van der Waals surface area contributed by atoms with Crippen molar-refractivity contribution < 1.29 is 14.0 Å². The molecule has 0 bridgehead atoms. The van der Waals surface area contributed by atoms with E-state index in [-0.39, 0.29) is 12.1 Å². The molecule has 1 unspecified atom stereocenters. The molecule has 6 heteroatoms. The van der Waals surface area contributed by atoms with E-state index in [1.165, 1.54) is 5.56 Å². The number of nitrogens with one attached hydrogen (secondary N) is 2. The Hall–Kier alpha value is -2.76. The Balaban J connectivity index is 1.74. The molecule has 0 fully saturated rings. The standard InChI is InChI=1S/C19H23N3O3/c1-13(2)21-19(24)18(23)20-12-16(17-8-5-11-25-17)22-10-9-14-6-3-4-7-15(14)22/h3-8,11,13,16H,9-10,12H2,1-2H3,(H,20,23)(H,21,24). The van der Waals surface area contributed by atoms with E-state index in [0.717, 1.165) is 24.4 Å². The van der Waals surface area contributed by atoms with Gasteiger partial charge in [0, 0.05) is 24.8 Å². The third-order valence-electron chi connectivity index (χ3n) is 4.25. The monoisotopic (exact) mass is 341 g/mol. The molecule has 1 atom stereocenters. The van der Waals surface area contributed by atoms with Gasteiger partial charge < -0.3 is 20.0 Å². The molecule has 2 aromatic rings. The largest absolute Gasteiger partial charge is 0.467 e. The molecule has 1 aliphatic rings. The fourth-order valence-electron chi connectivity index (χ4n) is 3.13. The number of hydrogen-bond acceptors (Lipinski definition) is 4. The van der Waals surface area contributed by atoms with Crippen molar-refractivity contribution >= 4 is 17.5 Å². The van der Waals surface area contributed by atoms with E-state index in [1.54, 1.807) is 6.26 Å². The third kappa shape index (κ3) is 3.84. The van der Waals surface area contributed by atoms with Gasteiger partial charge in [-0.2, -0.15) is 0 Å². The van der Waals surface area contributed by atoms with Gasteiger partial charge in [-0.3, -0.25) is 9.59 Å². The summed E-state index contributed by atoms with van der Waals surface area (Å²) in [5, 5.41) is 5.33. The van der Waals surface area contributed by atoms with Crippen molar-refractivity contribution in [1.29, 1.82) is 0 Å². The summed E-state index contributed by atoms with van der Waals surface area (Å²) in [5.74, 6) is -0.478. The Morgan fingerprint density at radius 2 is 1.96 bits per heavy atom. The molecule has 2 amide bonds. The van der Waals surface area contributed by atoms with Crippen LogP contribution >= 0.6 is 0 Å². The fourth-order valence-corrected chi connectivity index (χ4v) is 3.13. The fraction of sp³-hybridized carbons (Fsp3) is 0.368. The lowest BCUT2D eigenvalue weighted by atomic mass is 10.1. The molecule has 2 heterocycles. The molecule has 6 nitrogen and oxygen atoms in total. The molecular formula is C19H23N3O3. The minimum absolute atomic E-state index is 0.0791. The van der Waals surface area contributed by atoms with Crippen LogP contribution in [0.15, 0.2) is 47.1 Å². The van der Waals surface area contributed by atoms with E-state index < -0.39 is 11.8 Å². The number of amides is 2. The van der Waals surface area contributed by atoms with Gasteiger partial charge in [-0.25, -0.2) is 0 Å². The van der Waals surface area contributed by atoms with Crippen LogP contribution in [0.3, 0.4) is 0 Å². The molecule has 0 saturated carbocycles. The van der Waals surface area contributed by atoms with Crippen molar-refractivity contribution in [3.63, 3.8) is 0 Å². The number of carbonyl (C=O) groups excluding carboxylic acids is 2. The summed E-state index contributed by atoms with van der Waals surface area (Å²) < 4.78 is 5.59. The zero-order chi connectivity index (χ0) is 17.8. The molecule has 25 heavy (non-hydrogen) atoms. The maximum atomic E-state index is 12.0. The molecule has 0 radical (unpaired) electrons. The van der Waals surface area contributed by atoms with E-state index in [1.807, 2.05) is 38.1 Å². The second-order valence-corrected chi connectivity index (χ2v) is 6.44. The van der Waals surface area contributed by atoms with Gasteiger partial charge in [-0.1, -0.05) is 18.2 Å². The van der Waals surface area contributed by atoms with Gasteiger partial charge in [0.25, 0.3) is 0 Å². The summed E-state index contributed by atoms with van der Waals surface area (Å²) in [7, 11) is 0. The molecule has 0 aliphatic carbocycles. The van der Waals surface area contributed by atoms with Crippen molar-refractivity contribution in [2.45, 2.75) is 32.4 Å². The van der Waals surface area contributed by atoms with E-state index in [0.29, 0.717) is 6.54 Å². The molecule has 1 aliphatic heterocycles.